The van der Waals surface area contributed by atoms with Crippen LogP contribution >= 0.6 is 0 Å². The van der Waals surface area contributed by atoms with Crippen LogP contribution in [0.2, 0.25) is 0 Å². The zero-order valence-corrected chi connectivity index (χ0v) is 9.41. The number of nitrogens with zero attached hydrogens (tertiary/aromatic N) is 1. The molecule has 0 bridgehead atoms. The van der Waals surface area contributed by atoms with E-state index in [4.69, 9.17) is 5.84 Å². The Kier molecular flexibility index (Phi) is 12.2. The summed E-state index contributed by atoms with van der Waals surface area (Å²) in [5.74, 6) is 5.45. The Balaban J connectivity index is 0. The molecule has 0 heterocycles. The highest BCUT2D eigenvalue weighted by Crippen LogP contribution is 2.05. The number of hydrazine groups is 1. The van der Waals surface area contributed by atoms with Gasteiger partial charge in [-0.05, 0) is 12.1 Å². The van der Waals surface area contributed by atoms with E-state index in [0.29, 0.717) is 0 Å². The van der Waals surface area contributed by atoms with Crippen LogP contribution in [0.1, 0.15) is 27.7 Å². The standard InChI is InChI=1S/C7H10N2.2C2H6/c1-9(8)7-5-3-2-4-6-7;2*1-2/h2-6H,8H2,1H3;2*1-2H3. The van der Waals surface area contributed by atoms with Crippen LogP contribution in [0, 0.1) is 0 Å². The molecule has 2 nitrogen and oxygen atoms in total. The van der Waals surface area contributed by atoms with E-state index in [2.05, 4.69) is 0 Å². The van der Waals surface area contributed by atoms with Crippen LogP contribution < -0.4 is 10.9 Å². The van der Waals surface area contributed by atoms with Gasteiger partial charge in [-0.15, -0.1) is 0 Å². The third-order valence-electron chi connectivity index (χ3n) is 1.16. The third kappa shape index (κ3) is 7.34. The van der Waals surface area contributed by atoms with Gasteiger partial charge in [0.2, 0.25) is 0 Å². The lowest BCUT2D eigenvalue weighted by Gasteiger charge is -2.09. The highest BCUT2D eigenvalue weighted by atomic mass is 15.4. The minimum atomic E-state index is 1.03. The van der Waals surface area contributed by atoms with Gasteiger partial charge >= 0.3 is 0 Å². The van der Waals surface area contributed by atoms with Gasteiger partial charge in [-0.3, -0.25) is 0 Å². The highest BCUT2D eigenvalue weighted by molar-refractivity contribution is 5.42. The Bertz CT molecular complexity index is 171. The van der Waals surface area contributed by atoms with E-state index in [1.807, 2.05) is 65.1 Å². The average molecular weight is 182 g/mol. The summed E-state index contributed by atoms with van der Waals surface area (Å²) in [6.45, 7) is 8.00. The molecule has 0 saturated heterocycles. The summed E-state index contributed by atoms with van der Waals surface area (Å²) in [5.41, 5.74) is 1.03. The molecule has 2 N–H and O–H groups in total. The number of rotatable bonds is 1. The van der Waals surface area contributed by atoms with E-state index in [1.165, 1.54) is 0 Å². The van der Waals surface area contributed by atoms with Gasteiger partial charge < -0.3 is 5.01 Å². The molecular formula is C11H22N2. The van der Waals surface area contributed by atoms with Crippen LogP contribution in [0.25, 0.3) is 0 Å². The SMILES string of the molecule is CC.CC.CN(N)c1ccccc1. The summed E-state index contributed by atoms with van der Waals surface area (Å²) in [4.78, 5) is 0. The number of nitrogens with two attached hydrogens (primary N) is 1. The van der Waals surface area contributed by atoms with Gasteiger partial charge in [-0.1, -0.05) is 45.9 Å². The lowest BCUT2D eigenvalue weighted by molar-refractivity contribution is 1.02. The number of hydrogen-bond acceptors (Lipinski definition) is 2. The van der Waals surface area contributed by atoms with Crippen molar-refractivity contribution in [1.29, 1.82) is 0 Å². The Hall–Kier alpha value is -1.02. The van der Waals surface area contributed by atoms with Gasteiger partial charge in [-0.25, -0.2) is 5.84 Å². The zero-order chi connectivity index (χ0) is 10.7. The highest BCUT2D eigenvalue weighted by Gasteiger charge is 1.88. The van der Waals surface area contributed by atoms with Crippen LogP contribution in [0.5, 0.6) is 0 Å². The van der Waals surface area contributed by atoms with Crippen molar-refractivity contribution in [2.45, 2.75) is 27.7 Å². The van der Waals surface area contributed by atoms with Crippen molar-refractivity contribution in [2.24, 2.45) is 5.84 Å². The molecule has 0 unspecified atom stereocenters. The van der Waals surface area contributed by atoms with Gasteiger partial charge in [0.05, 0.1) is 5.69 Å². The molecule has 1 aromatic rings. The van der Waals surface area contributed by atoms with Crippen molar-refractivity contribution in [2.75, 3.05) is 12.1 Å². The fourth-order valence-corrected chi connectivity index (χ4v) is 0.663. The molecule has 0 amide bonds. The smallest absolute Gasteiger partial charge is 0.0513 e. The summed E-state index contributed by atoms with van der Waals surface area (Å²) >= 11 is 0. The maximum atomic E-state index is 5.45. The first-order valence-electron chi connectivity index (χ1n) is 4.84. The Morgan fingerprint density at radius 2 is 1.31 bits per heavy atom. The number of para-hydroxylation sites is 1. The first kappa shape index (κ1) is 14.5. The molecule has 0 radical (unpaired) electrons. The lowest BCUT2D eigenvalue weighted by Crippen LogP contribution is -2.24. The molecule has 0 spiro atoms. The van der Waals surface area contributed by atoms with Crippen LogP contribution in [-0.2, 0) is 0 Å². The Morgan fingerprint density at radius 3 is 1.54 bits per heavy atom. The molecular weight excluding hydrogens is 160 g/mol. The first-order valence-corrected chi connectivity index (χ1v) is 4.84. The van der Waals surface area contributed by atoms with Crippen LogP contribution in [0.3, 0.4) is 0 Å². The second kappa shape index (κ2) is 11.0. The molecule has 0 aliphatic heterocycles. The predicted octanol–water partition coefficient (Wildman–Crippen LogP) is 3.05. The van der Waals surface area contributed by atoms with Crippen molar-refractivity contribution in [1.82, 2.24) is 0 Å². The summed E-state index contributed by atoms with van der Waals surface area (Å²) in [6, 6.07) is 9.80. The molecule has 0 atom stereocenters. The van der Waals surface area contributed by atoms with E-state index in [9.17, 15) is 0 Å². The molecule has 0 aromatic heterocycles. The van der Waals surface area contributed by atoms with Crippen molar-refractivity contribution < 1.29 is 0 Å². The van der Waals surface area contributed by atoms with Crippen LogP contribution in [0.15, 0.2) is 30.3 Å². The maximum absolute atomic E-state index is 5.45. The number of anilines is 1. The van der Waals surface area contributed by atoms with E-state index < -0.39 is 0 Å². The second-order valence-electron chi connectivity index (χ2n) is 1.95. The lowest BCUT2D eigenvalue weighted by atomic mass is 10.3. The number of hydrogen-bond donors (Lipinski definition) is 1. The minimum Gasteiger partial charge on any atom is -0.314 e. The van der Waals surface area contributed by atoms with Crippen LogP contribution in [0.4, 0.5) is 5.69 Å². The van der Waals surface area contributed by atoms with E-state index in [-0.39, 0.29) is 0 Å². The molecule has 0 aliphatic rings. The van der Waals surface area contributed by atoms with Gasteiger partial charge in [-0.2, -0.15) is 0 Å². The van der Waals surface area contributed by atoms with Crippen molar-refractivity contribution in [3.8, 4) is 0 Å². The first-order chi connectivity index (χ1) is 6.30. The van der Waals surface area contributed by atoms with E-state index >= 15 is 0 Å². The Morgan fingerprint density at radius 1 is 0.923 bits per heavy atom. The molecule has 2 heteroatoms. The number of benzene rings is 1. The van der Waals surface area contributed by atoms with Gasteiger partial charge in [0.15, 0.2) is 0 Å². The predicted molar refractivity (Wildman–Crippen MR) is 61.7 cm³/mol. The maximum Gasteiger partial charge on any atom is 0.0513 e. The average Bonchev–Trinajstić information content (AvgIpc) is 2.25. The summed E-state index contributed by atoms with van der Waals surface area (Å²) in [7, 11) is 1.81. The van der Waals surface area contributed by atoms with Gasteiger partial charge in [0.25, 0.3) is 0 Å². The molecule has 0 aliphatic carbocycles. The minimum absolute atomic E-state index is 1.03. The van der Waals surface area contributed by atoms with E-state index in [0.717, 1.165) is 5.69 Å². The second-order valence-corrected chi connectivity index (χ2v) is 1.95. The van der Waals surface area contributed by atoms with E-state index in [1.54, 1.807) is 5.01 Å². The summed E-state index contributed by atoms with van der Waals surface area (Å²) in [6.07, 6.45) is 0. The van der Waals surface area contributed by atoms with Crippen LogP contribution in [-0.4, -0.2) is 7.05 Å². The topological polar surface area (TPSA) is 29.3 Å². The molecule has 0 fully saturated rings. The van der Waals surface area contributed by atoms with Gasteiger partial charge in [0.1, 0.15) is 0 Å². The quantitative estimate of drug-likeness (QED) is 0.534. The summed E-state index contributed by atoms with van der Waals surface area (Å²) < 4.78 is 0. The molecule has 0 saturated carbocycles. The Labute approximate surface area is 82.3 Å². The molecule has 1 rings (SSSR count). The summed E-state index contributed by atoms with van der Waals surface area (Å²) in [5, 5.41) is 1.58. The third-order valence-corrected chi connectivity index (χ3v) is 1.16. The zero-order valence-electron chi connectivity index (χ0n) is 9.41. The molecule has 1 aromatic carbocycles. The monoisotopic (exact) mass is 182 g/mol. The molecule has 13 heavy (non-hydrogen) atoms. The fraction of sp³-hybridized carbons (Fsp3) is 0.455. The van der Waals surface area contributed by atoms with Crippen molar-refractivity contribution >= 4 is 5.69 Å². The largest absolute Gasteiger partial charge is 0.314 e. The van der Waals surface area contributed by atoms with Crippen molar-refractivity contribution in [3.05, 3.63) is 30.3 Å². The normalized spacial score (nSPS) is 7.23. The van der Waals surface area contributed by atoms with Gasteiger partial charge in [0, 0.05) is 7.05 Å². The molecule has 76 valence electrons. The van der Waals surface area contributed by atoms with Crippen molar-refractivity contribution in [3.63, 3.8) is 0 Å². The fourth-order valence-electron chi connectivity index (χ4n) is 0.663.